The molecule has 1 aliphatic heterocycles. The van der Waals surface area contributed by atoms with Gasteiger partial charge in [0, 0.05) is 12.6 Å². The summed E-state index contributed by atoms with van der Waals surface area (Å²) in [6.07, 6.45) is 4.55. The predicted octanol–water partition coefficient (Wildman–Crippen LogP) is 3.83. The van der Waals surface area contributed by atoms with E-state index in [0.29, 0.717) is 11.8 Å². The monoisotopic (exact) mass is 279 g/mol. The Hall–Kier alpha value is -1.80. The summed E-state index contributed by atoms with van der Waals surface area (Å²) in [5.41, 5.74) is 5.49. The van der Waals surface area contributed by atoms with E-state index in [9.17, 15) is 5.11 Å². The lowest BCUT2D eigenvalue weighted by Crippen LogP contribution is -2.27. The molecule has 1 aliphatic carbocycles. The molecule has 0 spiro atoms. The molecule has 0 aromatic heterocycles. The molecule has 108 valence electrons. The van der Waals surface area contributed by atoms with E-state index in [1.54, 1.807) is 0 Å². The number of rotatable bonds is 1. The van der Waals surface area contributed by atoms with E-state index >= 15 is 0 Å². The molecule has 0 amide bonds. The minimum Gasteiger partial charge on any atom is -0.508 e. The number of aromatic hydroxyl groups is 1. The lowest BCUT2D eigenvalue weighted by molar-refractivity contribution is 0.190. The number of phenolic OH excluding ortho intramolecular Hbond substituents is 1. The molecule has 2 aromatic carbocycles. The van der Waals surface area contributed by atoms with Crippen LogP contribution in [0.2, 0.25) is 0 Å². The zero-order valence-electron chi connectivity index (χ0n) is 12.3. The summed E-state index contributed by atoms with van der Waals surface area (Å²) < 4.78 is 0. The number of benzene rings is 2. The second-order valence-corrected chi connectivity index (χ2v) is 6.24. The predicted molar refractivity (Wildman–Crippen MR) is 84.3 cm³/mol. The molecule has 0 saturated carbocycles. The normalized spacial score (nSPS) is 21.6. The van der Waals surface area contributed by atoms with E-state index in [0.717, 1.165) is 25.9 Å². The van der Waals surface area contributed by atoms with Crippen molar-refractivity contribution in [3.8, 4) is 5.75 Å². The number of hydrogen-bond donors (Lipinski definition) is 1. The van der Waals surface area contributed by atoms with Crippen molar-refractivity contribution in [2.24, 2.45) is 0 Å². The Bertz CT molecular complexity index is 664. The van der Waals surface area contributed by atoms with Gasteiger partial charge in [-0.25, -0.2) is 0 Å². The molecule has 21 heavy (non-hydrogen) atoms. The maximum absolute atomic E-state index is 10.0. The lowest BCUT2D eigenvalue weighted by atomic mass is 10.0. The van der Waals surface area contributed by atoms with Crippen LogP contribution in [0, 0.1) is 0 Å². The van der Waals surface area contributed by atoms with Crippen molar-refractivity contribution in [3.63, 3.8) is 0 Å². The van der Waals surface area contributed by atoms with Gasteiger partial charge in [-0.05, 0) is 60.5 Å². The average Bonchev–Trinajstić information content (AvgIpc) is 2.82. The molecule has 0 bridgehead atoms. The summed E-state index contributed by atoms with van der Waals surface area (Å²) in [6, 6.07) is 15.3. The zero-order valence-corrected chi connectivity index (χ0v) is 12.3. The Kier molecular flexibility index (Phi) is 3.19. The summed E-state index contributed by atoms with van der Waals surface area (Å²) in [5, 5.41) is 10.0. The summed E-state index contributed by atoms with van der Waals surface area (Å²) >= 11 is 0. The maximum Gasteiger partial charge on any atom is 0.119 e. The number of phenols is 1. The third kappa shape index (κ3) is 2.24. The molecular formula is C19H21NO. The molecule has 2 aromatic rings. The molecule has 2 nitrogen and oxygen atoms in total. The van der Waals surface area contributed by atoms with Crippen LogP contribution in [0.25, 0.3) is 0 Å². The number of nitrogens with zero attached hydrogens (tertiary/aromatic N) is 1. The van der Waals surface area contributed by atoms with E-state index in [1.165, 1.54) is 35.1 Å². The fourth-order valence-electron chi connectivity index (χ4n) is 3.98. The van der Waals surface area contributed by atoms with Crippen LogP contribution in [-0.4, -0.2) is 16.6 Å². The Labute approximate surface area is 126 Å². The minimum atomic E-state index is 0.471. The van der Waals surface area contributed by atoms with Crippen molar-refractivity contribution in [1.29, 1.82) is 0 Å². The van der Waals surface area contributed by atoms with Gasteiger partial charge >= 0.3 is 0 Å². The first-order valence-corrected chi connectivity index (χ1v) is 7.94. The smallest absolute Gasteiger partial charge is 0.119 e. The number of fused-ring (bicyclic) bond motifs is 2. The quantitative estimate of drug-likeness (QED) is 0.857. The van der Waals surface area contributed by atoms with Crippen molar-refractivity contribution < 1.29 is 5.11 Å². The fourth-order valence-corrected chi connectivity index (χ4v) is 3.98. The second-order valence-electron chi connectivity index (χ2n) is 6.24. The standard InChI is InChI=1S/C19H21NO/c21-19-9-3-8-16-17(19)10-11-18(16)20-12-4-7-14-5-1-2-6-15(14)13-20/h1-3,5-6,8-9,18,21H,4,7,10-13H2. The molecule has 1 unspecified atom stereocenters. The Morgan fingerprint density at radius 1 is 0.952 bits per heavy atom. The van der Waals surface area contributed by atoms with Crippen molar-refractivity contribution in [2.75, 3.05) is 6.54 Å². The first kappa shape index (κ1) is 12.9. The molecule has 1 heterocycles. The zero-order chi connectivity index (χ0) is 14.2. The Morgan fingerprint density at radius 2 is 1.81 bits per heavy atom. The first-order valence-electron chi connectivity index (χ1n) is 7.94. The lowest BCUT2D eigenvalue weighted by Gasteiger charge is -2.28. The van der Waals surface area contributed by atoms with Crippen molar-refractivity contribution in [2.45, 2.75) is 38.3 Å². The van der Waals surface area contributed by atoms with Gasteiger partial charge in [-0.1, -0.05) is 36.4 Å². The van der Waals surface area contributed by atoms with Gasteiger partial charge in [-0.3, -0.25) is 4.90 Å². The summed E-state index contributed by atoms with van der Waals surface area (Å²) in [7, 11) is 0. The maximum atomic E-state index is 10.0. The highest BCUT2D eigenvalue weighted by Crippen LogP contribution is 2.41. The van der Waals surface area contributed by atoms with Gasteiger partial charge in [-0.15, -0.1) is 0 Å². The van der Waals surface area contributed by atoms with Crippen LogP contribution in [0.3, 0.4) is 0 Å². The minimum absolute atomic E-state index is 0.471. The van der Waals surface area contributed by atoms with Crippen LogP contribution in [0.4, 0.5) is 0 Å². The van der Waals surface area contributed by atoms with Crippen LogP contribution >= 0.6 is 0 Å². The molecule has 0 saturated heterocycles. The second kappa shape index (κ2) is 5.19. The third-order valence-electron chi connectivity index (χ3n) is 5.04. The van der Waals surface area contributed by atoms with E-state index in [2.05, 4.69) is 35.2 Å². The van der Waals surface area contributed by atoms with Gasteiger partial charge in [0.15, 0.2) is 0 Å². The average molecular weight is 279 g/mol. The number of aryl methyl sites for hydroxylation is 1. The summed E-state index contributed by atoms with van der Waals surface area (Å²) in [6.45, 7) is 2.18. The van der Waals surface area contributed by atoms with Gasteiger partial charge in [0.2, 0.25) is 0 Å². The molecule has 0 radical (unpaired) electrons. The van der Waals surface area contributed by atoms with E-state index in [4.69, 9.17) is 0 Å². The van der Waals surface area contributed by atoms with Crippen molar-refractivity contribution >= 4 is 0 Å². The van der Waals surface area contributed by atoms with E-state index < -0.39 is 0 Å². The highest BCUT2D eigenvalue weighted by Gasteiger charge is 2.30. The number of hydrogen-bond acceptors (Lipinski definition) is 2. The van der Waals surface area contributed by atoms with Crippen LogP contribution in [0.15, 0.2) is 42.5 Å². The Morgan fingerprint density at radius 3 is 2.71 bits per heavy atom. The summed E-state index contributed by atoms with van der Waals surface area (Å²) in [5.74, 6) is 0.477. The SMILES string of the molecule is Oc1cccc2c1CCC2N1CCCc2ccccc2C1. The van der Waals surface area contributed by atoms with Gasteiger partial charge in [-0.2, -0.15) is 0 Å². The van der Waals surface area contributed by atoms with E-state index in [1.807, 2.05) is 12.1 Å². The largest absolute Gasteiger partial charge is 0.508 e. The molecule has 1 N–H and O–H groups in total. The fraction of sp³-hybridized carbons (Fsp3) is 0.368. The molecular weight excluding hydrogens is 258 g/mol. The first-order chi connectivity index (χ1) is 10.3. The van der Waals surface area contributed by atoms with Crippen LogP contribution in [0.1, 0.15) is 41.1 Å². The third-order valence-corrected chi connectivity index (χ3v) is 5.04. The van der Waals surface area contributed by atoms with Crippen molar-refractivity contribution in [3.05, 3.63) is 64.7 Å². The van der Waals surface area contributed by atoms with Crippen LogP contribution in [0.5, 0.6) is 5.75 Å². The highest BCUT2D eigenvalue weighted by atomic mass is 16.3. The molecule has 4 rings (SSSR count). The molecule has 2 heteroatoms. The molecule has 1 atom stereocenters. The topological polar surface area (TPSA) is 23.5 Å². The Balaban J connectivity index is 1.66. The van der Waals surface area contributed by atoms with Crippen LogP contribution < -0.4 is 0 Å². The van der Waals surface area contributed by atoms with Gasteiger partial charge < -0.3 is 5.11 Å². The molecule has 2 aliphatic rings. The van der Waals surface area contributed by atoms with Gasteiger partial charge in [0.05, 0.1) is 0 Å². The van der Waals surface area contributed by atoms with Gasteiger partial charge in [0.25, 0.3) is 0 Å². The van der Waals surface area contributed by atoms with Gasteiger partial charge in [0.1, 0.15) is 5.75 Å². The van der Waals surface area contributed by atoms with E-state index in [-0.39, 0.29) is 0 Å². The summed E-state index contributed by atoms with van der Waals surface area (Å²) in [4.78, 5) is 2.61. The molecule has 0 fully saturated rings. The van der Waals surface area contributed by atoms with Crippen molar-refractivity contribution in [1.82, 2.24) is 4.90 Å². The highest BCUT2D eigenvalue weighted by molar-refractivity contribution is 5.44. The van der Waals surface area contributed by atoms with Crippen LogP contribution in [-0.2, 0) is 19.4 Å².